The molecule has 0 aromatic heterocycles. The lowest BCUT2D eigenvalue weighted by molar-refractivity contribution is -0.148. The Morgan fingerprint density at radius 1 is 1.03 bits per heavy atom. The number of ether oxygens (including phenoxy) is 4. The van der Waals surface area contributed by atoms with Crippen molar-refractivity contribution in [1.82, 2.24) is 0 Å². The maximum Gasteiger partial charge on any atom is 0.241 e. The third-order valence-electron chi connectivity index (χ3n) is 5.98. The van der Waals surface area contributed by atoms with Gasteiger partial charge in [-0.1, -0.05) is 27.7 Å². The predicted octanol–water partition coefficient (Wildman–Crippen LogP) is 3.85. The van der Waals surface area contributed by atoms with Gasteiger partial charge in [-0.3, -0.25) is 9.59 Å². The highest BCUT2D eigenvalue weighted by molar-refractivity contribution is 6.16. The van der Waals surface area contributed by atoms with Gasteiger partial charge in [-0.25, -0.2) is 0 Å². The van der Waals surface area contributed by atoms with Gasteiger partial charge in [0.2, 0.25) is 5.78 Å². The smallest absolute Gasteiger partial charge is 0.241 e. The minimum atomic E-state index is -1.34. The van der Waals surface area contributed by atoms with Crippen LogP contribution in [-0.2, 0) is 20.7 Å². The third-order valence-corrected chi connectivity index (χ3v) is 5.98. The van der Waals surface area contributed by atoms with Crippen LogP contribution in [0.2, 0.25) is 0 Å². The Morgan fingerprint density at radius 2 is 1.69 bits per heavy atom. The Balaban J connectivity index is 2.24. The lowest BCUT2D eigenvalue weighted by Crippen LogP contribution is -2.58. The van der Waals surface area contributed by atoms with Crippen molar-refractivity contribution in [3.63, 3.8) is 0 Å². The summed E-state index contributed by atoms with van der Waals surface area (Å²) in [6, 6.07) is 1.90. The average Bonchev–Trinajstić information content (AvgIpc) is 2.67. The topological polar surface area (TPSA) is 71.1 Å². The van der Waals surface area contributed by atoms with Crippen LogP contribution in [0.4, 0.5) is 0 Å². The molecule has 0 fully saturated rings. The van der Waals surface area contributed by atoms with E-state index in [1.165, 1.54) is 7.11 Å². The van der Waals surface area contributed by atoms with Crippen molar-refractivity contribution >= 4 is 11.6 Å². The number of methoxy groups -OCH3 is 3. The van der Waals surface area contributed by atoms with E-state index in [2.05, 4.69) is 0 Å². The Hall–Kier alpha value is -2.50. The zero-order valence-corrected chi connectivity index (χ0v) is 18.5. The molecule has 0 spiro atoms. The molecule has 158 valence electrons. The number of fused-ring (bicyclic) bond motifs is 2. The van der Waals surface area contributed by atoms with Gasteiger partial charge >= 0.3 is 0 Å². The molecule has 1 aromatic carbocycles. The number of rotatable bonds is 5. The Labute approximate surface area is 172 Å². The predicted molar refractivity (Wildman–Crippen MR) is 109 cm³/mol. The van der Waals surface area contributed by atoms with Crippen molar-refractivity contribution in [1.29, 1.82) is 0 Å². The second-order valence-electron chi connectivity index (χ2n) is 8.43. The first-order valence-corrected chi connectivity index (χ1v) is 9.96. The zero-order valence-electron chi connectivity index (χ0n) is 18.5. The molecule has 6 nitrogen and oxygen atoms in total. The standard InChI is InChI=1S/C23H30O6/c1-11(2)16-15(26-6)10-13-9-14-18(24)17(12(3)4)21(28-8)22(25)23(14,5)29-19(13)20(16)27-7/h10-12,14H,9H2,1-8H3. The number of carbonyl (C=O) groups excluding carboxylic acids is 2. The SMILES string of the molecule is COC1=C(C(C)C)C(=O)C2Cc3cc(OC)c(C(C)C)c(OC)c3OC2(C)C1=O. The largest absolute Gasteiger partial charge is 0.496 e. The van der Waals surface area contributed by atoms with Crippen LogP contribution in [0, 0.1) is 11.8 Å². The van der Waals surface area contributed by atoms with Crippen molar-refractivity contribution in [3.8, 4) is 17.2 Å². The van der Waals surface area contributed by atoms with E-state index in [1.807, 2.05) is 33.8 Å². The summed E-state index contributed by atoms with van der Waals surface area (Å²) in [5, 5.41) is 0. The third kappa shape index (κ3) is 3.00. The maximum atomic E-state index is 13.4. The summed E-state index contributed by atoms with van der Waals surface area (Å²) in [4.78, 5) is 26.8. The van der Waals surface area contributed by atoms with Crippen LogP contribution < -0.4 is 14.2 Å². The number of hydrogen-bond acceptors (Lipinski definition) is 6. The van der Waals surface area contributed by atoms with E-state index in [9.17, 15) is 9.59 Å². The Morgan fingerprint density at radius 3 is 2.17 bits per heavy atom. The molecule has 1 aliphatic heterocycles. The molecule has 1 aromatic rings. The van der Waals surface area contributed by atoms with Crippen molar-refractivity contribution in [2.45, 2.75) is 52.6 Å². The molecule has 0 radical (unpaired) electrons. The second-order valence-corrected chi connectivity index (χ2v) is 8.43. The van der Waals surface area contributed by atoms with Gasteiger partial charge in [-0.2, -0.15) is 0 Å². The van der Waals surface area contributed by atoms with E-state index in [0.29, 0.717) is 29.2 Å². The van der Waals surface area contributed by atoms with E-state index in [0.717, 1.165) is 11.1 Å². The quantitative estimate of drug-likeness (QED) is 0.745. The summed E-state index contributed by atoms with van der Waals surface area (Å²) < 4.78 is 23.0. The molecule has 0 N–H and O–H groups in total. The van der Waals surface area contributed by atoms with Gasteiger partial charge in [-0.05, 0) is 31.2 Å². The molecule has 2 unspecified atom stereocenters. The van der Waals surface area contributed by atoms with Crippen molar-refractivity contribution in [3.05, 3.63) is 28.5 Å². The van der Waals surface area contributed by atoms with Crippen LogP contribution in [0.3, 0.4) is 0 Å². The lowest BCUT2D eigenvalue weighted by Gasteiger charge is -2.44. The number of allylic oxidation sites excluding steroid dienone is 1. The Bertz CT molecular complexity index is 895. The van der Waals surface area contributed by atoms with Gasteiger partial charge in [0.15, 0.2) is 28.6 Å². The number of Topliss-reactive ketones (excluding diaryl/α,β-unsaturated/α-hetero) is 2. The van der Waals surface area contributed by atoms with Gasteiger partial charge in [0.25, 0.3) is 0 Å². The first-order chi connectivity index (χ1) is 13.6. The summed E-state index contributed by atoms with van der Waals surface area (Å²) in [6.45, 7) is 9.53. The molecule has 1 heterocycles. The highest BCUT2D eigenvalue weighted by Crippen LogP contribution is 2.52. The van der Waals surface area contributed by atoms with Crippen LogP contribution in [0.5, 0.6) is 17.2 Å². The van der Waals surface area contributed by atoms with Gasteiger partial charge in [0.1, 0.15) is 5.75 Å². The van der Waals surface area contributed by atoms with Gasteiger partial charge in [0, 0.05) is 16.7 Å². The van der Waals surface area contributed by atoms with E-state index in [1.54, 1.807) is 21.1 Å². The van der Waals surface area contributed by atoms with E-state index in [4.69, 9.17) is 18.9 Å². The minimum Gasteiger partial charge on any atom is -0.496 e. The average molecular weight is 402 g/mol. The number of benzene rings is 1. The monoisotopic (exact) mass is 402 g/mol. The summed E-state index contributed by atoms with van der Waals surface area (Å²) in [5.74, 6) is 0.798. The molecule has 2 atom stereocenters. The molecule has 0 amide bonds. The van der Waals surface area contributed by atoms with Gasteiger partial charge in [0.05, 0.1) is 27.2 Å². The Kier molecular flexibility index (Phi) is 5.41. The van der Waals surface area contributed by atoms with Gasteiger partial charge < -0.3 is 18.9 Å². The molecular formula is C23H30O6. The molecular weight excluding hydrogens is 372 g/mol. The van der Waals surface area contributed by atoms with E-state index in [-0.39, 0.29) is 29.2 Å². The molecule has 0 saturated carbocycles. The maximum absolute atomic E-state index is 13.4. The lowest BCUT2D eigenvalue weighted by atomic mass is 9.68. The molecule has 1 aliphatic carbocycles. The molecule has 0 bridgehead atoms. The first kappa shape index (κ1) is 21.2. The van der Waals surface area contributed by atoms with Crippen LogP contribution in [0.25, 0.3) is 0 Å². The first-order valence-electron chi connectivity index (χ1n) is 9.96. The fraction of sp³-hybridized carbons (Fsp3) is 0.565. The van der Waals surface area contributed by atoms with Crippen LogP contribution >= 0.6 is 0 Å². The molecule has 6 heteroatoms. The molecule has 2 aliphatic rings. The summed E-state index contributed by atoms with van der Waals surface area (Å²) in [6.07, 6.45) is 0.370. The summed E-state index contributed by atoms with van der Waals surface area (Å²) in [7, 11) is 4.61. The molecule has 29 heavy (non-hydrogen) atoms. The van der Waals surface area contributed by atoms with Crippen LogP contribution in [0.1, 0.15) is 51.7 Å². The number of carbonyl (C=O) groups is 2. The van der Waals surface area contributed by atoms with E-state index >= 15 is 0 Å². The summed E-state index contributed by atoms with van der Waals surface area (Å²) >= 11 is 0. The van der Waals surface area contributed by atoms with Crippen molar-refractivity contribution in [2.75, 3.05) is 21.3 Å². The van der Waals surface area contributed by atoms with Crippen LogP contribution in [0.15, 0.2) is 17.4 Å². The fourth-order valence-electron chi connectivity index (χ4n) is 4.51. The highest BCUT2D eigenvalue weighted by Gasteiger charge is 2.57. The molecule has 3 rings (SSSR count). The van der Waals surface area contributed by atoms with Crippen molar-refractivity contribution in [2.24, 2.45) is 11.8 Å². The zero-order chi connectivity index (χ0) is 21.7. The van der Waals surface area contributed by atoms with Crippen molar-refractivity contribution < 1.29 is 28.5 Å². The fourth-order valence-corrected chi connectivity index (χ4v) is 4.51. The highest BCUT2D eigenvalue weighted by atomic mass is 16.5. The summed E-state index contributed by atoms with van der Waals surface area (Å²) in [5.41, 5.74) is 0.764. The normalized spacial score (nSPS) is 23.7. The second kappa shape index (κ2) is 7.39. The minimum absolute atomic E-state index is 0.101. The molecule has 0 saturated heterocycles. The number of hydrogen-bond donors (Lipinski definition) is 0. The number of ketones is 2. The van der Waals surface area contributed by atoms with Gasteiger partial charge in [-0.15, -0.1) is 0 Å². The van der Waals surface area contributed by atoms with E-state index < -0.39 is 11.5 Å². The van der Waals surface area contributed by atoms with Crippen LogP contribution in [-0.4, -0.2) is 38.5 Å².